The van der Waals surface area contributed by atoms with Crippen molar-refractivity contribution in [2.45, 2.75) is 23.0 Å². The van der Waals surface area contributed by atoms with Crippen molar-refractivity contribution >= 4 is 27.7 Å². The van der Waals surface area contributed by atoms with Crippen LogP contribution in [0.2, 0.25) is 5.02 Å². The van der Waals surface area contributed by atoms with Crippen molar-refractivity contribution < 1.29 is 13.2 Å². The average Bonchev–Trinajstić information content (AvgIpc) is 3.26. The number of hydrogen-bond acceptors (Lipinski definition) is 4. The highest BCUT2D eigenvalue weighted by Crippen LogP contribution is 2.62. The summed E-state index contributed by atoms with van der Waals surface area (Å²) >= 11 is 5.97. The summed E-state index contributed by atoms with van der Waals surface area (Å²) in [6, 6.07) is 14.9. The number of benzene rings is 2. The van der Waals surface area contributed by atoms with E-state index < -0.39 is 26.4 Å². The first kappa shape index (κ1) is 16.7. The van der Waals surface area contributed by atoms with Gasteiger partial charge >= 0.3 is 0 Å². The van der Waals surface area contributed by atoms with Crippen molar-refractivity contribution in [2.24, 2.45) is 5.41 Å². The summed E-state index contributed by atoms with van der Waals surface area (Å²) in [5, 5.41) is 8.83. The largest absolute Gasteiger partial charge is 0.302 e. The molecule has 0 unspecified atom stereocenters. The van der Waals surface area contributed by atoms with Crippen molar-refractivity contribution in [3.05, 3.63) is 64.7 Å². The fourth-order valence-corrected chi connectivity index (χ4v) is 5.57. The van der Waals surface area contributed by atoms with E-state index in [4.69, 9.17) is 11.6 Å². The average molecular weight is 360 g/mol. The van der Waals surface area contributed by atoms with Crippen LogP contribution in [0.15, 0.2) is 53.4 Å². The van der Waals surface area contributed by atoms with Crippen LogP contribution >= 0.6 is 11.6 Å². The minimum absolute atomic E-state index is 0.115. The maximum atomic E-state index is 13.0. The second kappa shape index (κ2) is 5.73. The van der Waals surface area contributed by atoms with Crippen LogP contribution in [0.25, 0.3) is 0 Å². The van der Waals surface area contributed by atoms with Crippen molar-refractivity contribution in [3.8, 4) is 6.07 Å². The third-order valence-corrected chi connectivity index (χ3v) is 6.95. The molecule has 0 aromatic heterocycles. The van der Waals surface area contributed by atoms with E-state index in [1.807, 2.05) is 13.0 Å². The number of rotatable bonds is 4. The molecule has 1 aliphatic rings. The third kappa shape index (κ3) is 2.43. The lowest BCUT2D eigenvalue weighted by Gasteiger charge is -2.05. The van der Waals surface area contributed by atoms with E-state index in [0.717, 1.165) is 5.56 Å². The van der Waals surface area contributed by atoms with Crippen LogP contribution in [0, 0.1) is 23.7 Å². The fraction of sp³-hybridized carbons (Fsp3) is 0.222. The maximum Gasteiger partial charge on any atom is 0.183 e. The topological polar surface area (TPSA) is 75.0 Å². The molecule has 0 N–H and O–H groups in total. The van der Waals surface area contributed by atoms with E-state index in [0.29, 0.717) is 16.9 Å². The molecule has 4 nitrogen and oxygen atoms in total. The minimum Gasteiger partial charge on any atom is -0.302 e. The molecule has 0 aliphatic heterocycles. The van der Waals surface area contributed by atoms with Gasteiger partial charge in [0.1, 0.15) is 17.0 Å². The Labute approximate surface area is 145 Å². The lowest BCUT2D eigenvalue weighted by atomic mass is 10.0. The highest BCUT2D eigenvalue weighted by molar-refractivity contribution is 7.92. The van der Waals surface area contributed by atoms with Crippen molar-refractivity contribution in [2.75, 3.05) is 0 Å². The predicted molar refractivity (Wildman–Crippen MR) is 90.5 cm³/mol. The molecule has 6 heteroatoms. The Morgan fingerprint density at radius 2 is 1.88 bits per heavy atom. The van der Waals surface area contributed by atoms with Crippen LogP contribution in [-0.2, 0) is 14.6 Å². The number of aryl methyl sites for hydroxylation is 1. The standard InChI is InChI=1S/C18H14ClNO3S/c1-12-5-7-15(8-6-12)24(22,23)17-16(18(17,10-20)11-21)13-3-2-4-14(19)9-13/h2-9,11,16-17H,1H3/t16-,17-,18-/m1/s1. The molecule has 3 rings (SSSR count). The van der Waals surface area contributed by atoms with Gasteiger partial charge in [-0.3, -0.25) is 0 Å². The van der Waals surface area contributed by atoms with Crippen LogP contribution in [0.3, 0.4) is 0 Å². The zero-order chi connectivity index (χ0) is 17.5. The summed E-state index contributed by atoms with van der Waals surface area (Å²) in [5.41, 5.74) is -0.0658. The molecule has 0 radical (unpaired) electrons. The van der Waals surface area contributed by atoms with E-state index in [1.54, 1.807) is 36.4 Å². The normalized spacial score (nSPS) is 25.7. The summed E-state index contributed by atoms with van der Waals surface area (Å²) < 4.78 is 25.9. The van der Waals surface area contributed by atoms with Gasteiger partial charge < -0.3 is 4.79 Å². The van der Waals surface area contributed by atoms with Crippen molar-refractivity contribution in [3.63, 3.8) is 0 Å². The lowest BCUT2D eigenvalue weighted by Crippen LogP contribution is -2.16. The molecule has 0 amide bonds. The molecular formula is C18H14ClNO3S. The number of carbonyl (C=O) groups excluding carboxylic acids is 1. The molecule has 122 valence electrons. The van der Waals surface area contributed by atoms with Gasteiger partial charge in [0.25, 0.3) is 0 Å². The van der Waals surface area contributed by atoms with Crippen LogP contribution in [-0.4, -0.2) is 20.0 Å². The van der Waals surface area contributed by atoms with E-state index in [2.05, 4.69) is 0 Å². The number of aldehydes is 1. The fourth-order valence-electron chi connectivity index (χ4n) is 3.14. The number of sulfone groups is 1. The molecule has 1 fully saturated rings. The quantitative estimate of drug-likeness (QED) is 0.785. The lowest BCUT2D eigenvalue weighted by molar-refractivity contribution is -0.110. The van der Waals surface area contributed by atoms with Crippen molar-refractivity contribution in [1.82, 2.24) is 0 Å². The Hall–Kier alpha value is -2.16. The molecule has 0 heterocycles. The number of carbonyl (C=O) groups is 1. The van der Waals surface area contributed by atoms with Gasteiger partial charge in [-0.2, -0.15) is 5.26 Å². The van der Waals surface area contributed by atoms with Gasteiger partial charge in [0.15, 0.2) is 9.84 Å². The number of halogens is 1. The van der Waals surface area contributed by atoms with E-state index >= 15 is 0 Å². The van der Waals surface area contributed by atoms with Crippen LogP contribution in [0.4, 0.5) is 0 Å². The SMILES string of the molecule is Cc1ccc(S(=O)(=O)[C@@H]2[C@@H](c3cccc(Cl)c3)[C@@]2(C#N)C=O)cc1. The Bertz CT molecular complexity index is 947. The summed E-state index contributed by atoms with van der Waals surface area (Å²) in [6.07, 6.45) is 0.453. The first-order valence-electron chi connectivity index (χ1n) is 7.30. The number of nitrogens with zero attached hydrogens (tertiary/aromatic N) is 1. The minimum atomic E-state index is -3.82. The highest BCUT2D eigenvalue weighted by atomic mass is 35.5. The monoisotopic (exact) mass is 359 g/mol. The van der Waals surface area contributed by atoms with Gasteiger partial charge in [0, 0.05) is 10.9 Å². The van der Waals surface area contributed by atoms with Crippen LogP contribution in [0.1, 0.15) is 17.0 Å². The Kier molecular flexibility index (Phi) is 3.98. The number of nitriles is 1. The second-order valence-corrected chi connectivity index (χ2v) is 8.48. The molecular weight excluding hydrogens is 346 g/mol. The maximum absolute atomic E-state index is 13.0. The first-order chi connectivity index (χ1) is 11.4. The molecule has 3 atom stereocenters. The van der Waals surface area contributed by atoms with Gasteiger partial charge in [-0.05, 0) is 36.8 Å². The Balaban J connectivity index is 2.10. The summed E-state index contributed by atoms with van der Waals surface area (Å²) in [4.78, 5) is 11.7. The Morgan fingerprint density at radius 3 is 2.42 bits per heavy atom. The van der Waals surface area contributed by atoms with E-state index in [1.165, 1.54) is 12.1 Å². The molecule has 2 aromatic carbocycles. The van der Waals surface area contributed by atoms with Gasteiger partial charge in [0.05, 0.1) is 11.0 Å². The molecule has 0 bridgehead atoms. The highest BCUT2D eigenvalue weighted by Gasteiger charge is 2.72. The molecule has 1 aliphatic carbocycles. The molecule has 0 saturated heterocycles. The second-order valence-electron chi connectivity index (χ2n) is 5.97. The molecule has 24 heavy (non-hydrogen) atoms. The summed E-state index contributed by atoms with van der Waals surface area (Å²) in [6.45, 7) is 1.85. The van der Waals surface area contributed by atoms with Gasteiger partial charge in [-0.25, -0.2) is 8.42 Å². The third-order valence-electron chi connectivity index (χ3n) is 4.46. The number of hydrogen-bond donors (Lipinski definition) is 0. The van der Waals surface area contributed by atoms with E-state index in [-0.39, 0.29) is 4.90 Å². The van der Waals surface area contributed by atoms with Gasteiger partial charge in [-0.1, -0.05) is 41.4 Å². The zero-order valence-corrected chi connectivity index (χ0v) is 14.4. The summed E-state index contributed by atoms with van der Waals surface area (Å²) in [5.74, 6) is -0.718. The van der Waals surface area contributed by atoms with Crippen LogP contribution in [0.5, 0.6) is 0 Å². The first-order valence-corrected chi connectivity index (χ1v) is 9.23. The van der Waals surface area contributed by atoms with Crippen LogP contribution < -0.4 is 0 Å². The predicted octanol–water partition coefficient (Wildman–Crippen LogP) is 3.30. The smallest absolute Gasteiger partial charge is 0.183 e. The molecule has 0 spiro atoms. The zero-order valence-electron chi connectivity index (χ0n) is 12.8. The van der Waals surface area contributed by atoms with Gasteiger partial charge in [-0.15, -0.1) is 0 Å². The van der Waals surface area contributed by atoms with Crippen molar-refractivity contribution in [1.29, 1.82) is 5.26 Å². The Morgan fingerprint density at radius 1 is 1.21 bits per heavy atom. The summed E-state index contributed by atoms with van der Waals surface area (Å²) in [7, 11) is -3.82. The molecule has 2 aromatic rings. The molecule has 1 saturated carbocycles. The van der Waals surface area contributed by atoms with Gasteiger partial charge in [0.2, 0.25) is 0 Å². The van der Waals surface area contributed by atoms with E-state index in [9.17, 15) is 18.5 Å².